The van der Waals surface area contributed by atoms with Gasteiger partial charge < -0.3 is 20.7 Å². The number of nitrogen functional groups attached to an aromatic ring is 1. The van der Waals surface area contributed by atoms with Crippen LogP contribution in [0.15, 0.2) is 60.8 Å². The minimum atomic E-state index is 0.0375. The number of ketones is 1. The molecule has 1 aliphatic rings. The number of ether oxygens (including phenoxy) is 1. The highest BCUT2D eigenvalue weighted by molar-refractivity contribution is 6.00. The van der Waals surface area contributed by atoms with Gasteiger partial charge in [0.15, 0.2) is 5.78 Å². The van der Waals surface area contributed by atoms with E-state index in [1.807, 2.05) is 25.1 Å². The predicted octanol–water partition coefficient (Wildman–Crippen LogP) is 4.51. The first-order chi connectivity index (χ1) is 17.0. The van der Waals surface area contributed by atoms with E-state index in [9.17, 15) is 4.79 Å². The average molecular weight is 474 g/mol. The quantitative estimate of drug-likeness (QED) is 0.497. The molecule has 4 rings (SSSR count). The lowest BCUT2D eigenvalue weighted by Gasteiger charge is -2.22. The number of nitrogens with two attached hydrogens (primary N) is 1. The van der Waals surface area contributed by atoms with E-state index in [0.717, 1.165) is 37.9 Å². The number of Topliss-reactive ketones (excluding diaryl/α,β-unsaturated/α-hetero) is 1. The maximum Gasteiger partial charge on any atom is 0.221 e. The average Bonchev–Trinajstić information content (AvgIpc) is 2.94. The number of benzene rings is 2. The second kappa shape index (κ2) is 11.9. The summed E-state index contributed by atoms with van der Waals surface area (Å²) < 4.78 is 6.38. The molecule has 1 aromatic heterocycles. The molecule has 184 valence electrons. The minimum Gasteiger partial charge on any atom is -0.369 e. The molecule has 2 aromatic carbocycles. The summed E-state index contributed by atoms with van der Waals surface area (Å²) in [6.07, 6.45) is 4.68. The summed E-state index contributed by atoms with van der Waals surface area (Å²) in [5.41, 5.74) is 9.93. The van der Waals surface area contributed by atoms with E-state index in [4.69, 9.17) is 10.5 Å². The highest BCUT2D eigenvalue weighted by atomic mass is 16.5. The van der Waals surface area contributed by atoms with Gasteiger partial charge >= 0.3 is 0 Å². The maximum atomic E-state index is 12.9. The van der Waals surface area contributed by atoms with Crippen LogP contribution in [0.1, 0.15) is 64.8 Å². The van der Waals surface area contributed by atoms with Crippen molar-refractivity contribution in [2.45, 2.75) is 44.3 Å². The Hall–Kier alpha value is -3.29. The molecular formula is C28H35N5O2. The molecule has 1 unspecified atom stereocenters. The number of carbonyl (C=O) groups is 1. The summed E-state index contributed by atoms with van der Waals surface area (Å²) in [5.74, 6) is 1.15. The van der Waals surface area contributed by atoms with Crippen LogP contribution in [0.5, 0.6) is 0 Å². The van der Waals surface area contributed by atoms with Crippen LogP contribution in [0, 0.1) is 0 Å². The van der Waals surface area contributed by atoms with Gasteiger partial charge in [0, 0.05) is 26.2 Å². The third-order valence-electron chi connectivity index (χ3n) is 6.68. The Labute approximate surface area is 207 Å². The third-order valence-corrected chi connectivity index (χ3v) is 6.68. The molecule has 0 aliphatic carbocycles. The van der Waals surface area contributed by atoms with Gasteiger partial charge in [-0.25, -0.2) is 4.98 Å². The fourth-order valence-corrected chi connectivity index (χ4v) is 4.67. The molecule has 0 spiro atoms. The molecule has 3 N–H and O–H groups in total. The number of anilines is 2. The zero-order chi connectivity index (χ0) is 24.6. The number of nitrogens with one attached hydrogen (secondary N) is 1. The lowest BCUT2D eigenvalue weighted by atomic mass is 9.89. The number of fused-ring (bicyclic) bond motifs is 1. The second-order valence-electron chi connectivity index (χ2n) is 9.18. The van der Waals surface area contributed by atoms with Crippen LogP contribution in [-0.2, 0) is 11.3 Å². The largest absolute Gasteiger partial charge is 0.369 e. The van der Waals surface area contributed by atoms with Crippen molar-refractivity contribution in [3.8, 4) is 0 Å². The van der Waals surface area contributed by atoms with Crippen LogP contribution in [0.25, 0.3) is 0 Å². The van der Waals surface area contributed by atoms with Crippen molar-refractivity contribution in [2.24, 2.45) is 0 Å². The van der Waals surface area contributed by atoms with Crippen molar-refractivity contribution in [3.63, 3.8) is 0 Å². The topological polar surface area (TPSA) is 93.4 Å². The van der Waals surface area contributed by atoms with E-state index in [2.05, 4.69) is 63.8 Å². The van der Waals surface area contributed by atoms with E-state index in [1.165, 1.54) is 11.1 Å². The van der Waals surface area contributed by atoms with Gasteiger partial charge in [0.2, 0.25) is 5.95 Å². The van der Waals surface area contributed by atoms with Crippen molar-refractivity contribution in [1.29, 1.82) is 0 Å². The minimum absolute atomic E-state index is 0.0375. The van der Waals surface area contributed by atoms with E-state index in [1.54, 1.807) is 6.20 Å². The van der Waals surface area contributed by atoms with Crippen molar-refractivity contribution < 1.29 is 9.53 Å². The van der Waals surface area contributed by atoms with Crippen LogP contribution in [0.2, 0.25) is 0 Å². The maximum absolute atomic E-state index is 12.9. The fraction of sp³-hybridized carbons (Fsp3) is 0.393. The zero-order valence-corrected chi connectivity index (χ0v) is 20.6. The van der Waals surface area contributed by atoms with Gasteiger partial charge in [0.25, 0.3) is 0 Å². The Morgan fingerprint density at radius 2 is 2.00 bits per heavy atom. The first-order valence-corrected chi connectivity index (χ1v) is 12.3. The SMILES string of the molecule is CNCC[C@@H](OCc1cccc(C2CCC(=O)c3cnc(N)nc3N(C)CC2)c1)c1ccccc1. The summed E-state index contributed by atoms with van der Waals surface area (Å²) in [5, 5.41) is 3.22. The Bertz CT molecular complexity index is 1120. The molecule has 7 nitrogen and oxygen atoms in total. The molecule has 1 aliphatic heterocycles. The van der Waals surface area contributed by atoms with Crippen molar-refractivity contribution in [1.82, 2.24) is 15.3 Å². The molecule has 2 atom stereocenters. The number of carbonyl (C=O) groups excluding carboxylic acids is 1. The van der Waals surface area contributed by atoms with E-state index in [0.29, 0.717) is 24.4 Å². The van der Waals surface area contributed by atoms with Crippen LogP contribution in [-0.4, -0.2) is 42.9 Å². The van der Waals surface area contributed by atoms with Crippen LogP contribution < -0.4 is 16.0 Å². The highest BCUT2D eigenvalue weighted by Crippen LogP contribution is 2.31. The smallest absolute Gasteiger partial charge is 0.221 e. The van der Waals surface area contributed by atoms with Crippen LogP contribution in [0.4, 0.5) is 11.8 Å². The number of hydrogen-bond donors (Lipinski definition) is 2. The summed E-state index contributed by atoms with van der Waals surface area (Å²) >= 11 is 0. The molecule has 0 saturated carbocycles. The lowest BCUT2D eigenvalue weighted by Crippen LogP contribution is -2.23. The van der Waals surface area contributed by atoms with Gasteiger partial charge in [0.05, 0.1) is 18.3 Å². The van der Waals surface area contributed by atoms with Gasteiger partial charge in [0.1, 0.15) is 5.82 Å². The van der Waals surface area contributed by atoms with Crippen molar-refractivity contribution in [3.05, 3.63) is 83.0 Å². The molecule has 0 fully saturated rings. The Morgan fingerprint density at radius 3 is 2.80 bits per heavy atom. The summed E-state index contributed by atoms with van der Waals surface area (Å²) in [6.45, 7) is 2.22. The standard InChI is InChI=1S/C28H35N5O2/c1-30-15-13-26(22-8-4-3-5-9-22)35-19-20-7-6-10-23(17-20)21-11-12-25(34)24-18-31-28(29)32-27(24)33(2)16-14-21/h3-10,17-18,21,26,30H,11-16,19H2,1-2H3,(H2,29,31,32)/t21?,26-/m1/s1. The van der Waals surface area contributed by atoms with Crippen molar-refractivity contribution in [2.75, 3.05) is 37.8 Å². The molecule has 7 heteroatoms. The van der Waals surface area contributed by atoms with Crippen LogP contribution >= 0.6 is 0 Å². The predicted molar refractivity (Wildman–Crippen MR) is 140 cm³/mol. The van der Waals surface area contributed by atoms with Gasteiger partial charge in [-0.05, 0) is 55.5 Å². The normalized spacial score (nSPS) is 17.3. The highest BCUT2D eigenvalue weighted by Gasteiger charge is 2.23. The number of rotatable bonds is 8. The molecule has 2 heterocycles. The Morgan fingerprint density at radius 1 is 1.17 bits per heavy atom. The molecule has 0 bridgehead atoms. The number of hydrogen-bond acceptors (Lipinski definition) is 7. The van der Waals surface area contributed by atoms with E-state index < -0.39 is 0 Å². The van der Waals surface area contributed by atoms with Gasteiger partial charge in [-0.15, -0.1) is 0 Å². The van der Waals surface area contributed by atoms with Gasteiger partial charge in [-0.3, -0.25) is 4.79 Å². The number of aromatic nitrogens is 2. The molecule has 3 aromatic rings. The van der Waals surface area contributed by atoms with Gasteiger partial charge in [-0.1, -0.05) is 54.6 Å². The first kappa shape index (κ1) is 24.8. The van der Waals surface area contributed by atoms with Crippen LogP contribution in [0.3, 0.4) is 0 Å². The summed E-state index contributed by atoms with van der Waals surface area (Å²) in [7, 11) is 3.92. The molecule has 0 saturated heterocycles. The monoisotopic (exact) mass is 473 g/mol. The second-order valence-corrected chi connectivity index (χ2v) is 9.18. The summed E-state index contributed by atoms with van der Waals surface area (Å²) in [4.78, 5) is 23.3. The third kappa shape index (κ3) is 6.44. The lowest BCUT2D eigenvalue weighted by molar-refractivity contribution is 0.0343. The Kier molecular flexibility index (Phi) is 8.45. The van der Waals surface area contributed by atoms with E-state index >= 15 is 0 Å². The van der Waals surface area contributed by atoms with E-state index in [-0.39, 0.29) is 23.8 Å². The van der Waals surface area contributed by atoms with Gasteiger partial charge in [-0.2, -0.15) is 4.98 Å². The first-order valence-electron chi connectivity index (χ1n) is 12.3. The molecule has 0 amide bonds. The fourth-order valence-electron chi connectivity index (χ4n) is 4.67. The Balaban J connectivity index is 1.46. The zero-order valence-electron chi connectivity index (χ0n) is 20.6. The molecular weight excluding hydrogens is 438 g/mol. The molecule has 0 radical (unpaired) electrons. The number of nitrogens with zero attached hydrogens (tertiary/aromatic N) is 3. The summed E-state index contributed by atoms with van der Waals surface area (Å²) in [6, 6.07) is 19.0. The van der Waals surface area contributed by atoms with Crippen molar-refractivity contribution >= 4 is 17.5 Å². The molecule has 35 heavy (non-hydrogen) atoms.